The molecule has 0 aromatic heterocycles. The Balaban J connectivity index is 2.03. The summed E-state index contributed by atoms with van der Waals surface area (Å²) in [5, 5.41) is 3.66. The molecule has 1 atom stereocenters. The van der Waals surface area contributed by atoms with Gasteiger partial charge in [-0.05, 0) is 56.2 Å². The van der Waals surface area contributed by atoms with E-state index in [1.807, 2.05) is 24.3 Å². The molecule has 0 fully saturated rings. The van der Waals surface area contributed by atoms with E-state index in [4.69, 9.17) is 46.2 Å². The van der Waals surface area contributed by atoms with E-state index in [0.717, 1.165) is 11.1 Å². The minimum atomic E-state index is -1.90. The van der Waals surface area contributed by atoms with Crippen LogP contribution in [0.1, 0.15) is 31.9 Å². The normalized spacial score (nSPS) is 12.3. The summed E-state index contributed by atoms with van der Waals surface area (Å²) >= 11 is 11.9. The van der Waals surface area contributed by atoms with Crippen molar-refractivity contribution in [2.24, 2.45) is 0 Å². The molecule has 0 aliphatic heterocycles. The van der Waals surface area contributed by atoms with Gasteiger partial charge in [0, 0.05) is 10.0 Å². The summed E-state index contributed by atoms with van der Waals surface area (Å²) in [4.78, 5) is 24.3. The monoisotopic (exact) mass is 531 g/mol. The van der Waals surface area contributed by atoms with Crippen molar-refractivity contribution in [1.82, 2.24) is 5.32 Å². The highest BCUT2D eigenvalue weighted by atomic mass is 35.5. The Morgan fingerprint density at radius 3 is 1.76 bits per heavy atom. The number of carbonyl (C=O) groups excluding carboxylic acids is 2. The van der Waals surface area contributed by atoms with Gasteiger partial charge < -0.3 is 28.4 Å². The fraction of sp³-hybridized carbons (Fsp3) is 0.391. The maximum atomic E-state index is 12.2. The molecule has 0 aliphatic rings. The molecular weight excluding hydrogens is 504 g/mol. The van der Waals surface area contributed by atoms with E-state index in [1.165, 1.54) is 7.11 Å². The van der Waals surface area contributed by atoms with Crippen LogP contribution in [0.25, 0.3) is 0 Å². The standard InChI is InChI=1S/C23H28Cl2NO7P/c1-23(2,3)33-22(28)26-20(21(27)29-4)15-32-34(30-13-16-5-9-18(24)10-6-16)31-14-17-7-11-19(25)12-8-17/h5-12,20H,13-15H2,1-4H3,(H,26,28)/t20-/m0/s1. The molecule has 0 heterocycles. The van der Waals surface area contributed by atoms with Crippen molar-refractivity contribution in [2.45, 2.75) is 45.6 Å². The van der Waals surface area contributed by atoms with Crippen molar-refractivity contribution in [3.63, 3.8) is 0 Å². The van der Waals surface area contributed by atoms with E-state index < -0.39 is 32.3 Å². The van der Waals surface area contributed by atoms with Crippen LogP contribution in [0.2, 0.25) is 10.0 Å². The van der Waals surface area contributed by atoms with Gasteiger partial charge in [0.15, 0.2) is 6.04 Å². The van der Waals surface area contributed by atoms with Gasteiger partial charge in [-0.3, -0.25) is 0 Å². The number of benzene rings is 2. The molecule has 8 nitrogen and oxygen atoms in total. The summed E-state index contributed by atoms with van der Waals surface area (Å²) in [7, 11) is -0.692. The molecule has 11 heteroatoms. The topological polar surface area (TPSA) is 92.3 Å². The van der Waals surface area contributed by atoms with Gasteiger partial charge in [-0.15, -0.1) is 0 Å². The minimum Gasteiger partial charge on any atom is -0.467 e. The lowest BCUT2D eigenvalue weighted by atomic mass is 10.2. The van der Waals surface area contributed by atoms with Gasteiger partial charge in [-0.1, -0.05) is 47.5 Å². The van der Waals surface area contributed by atoms with Crippen molar-refractivity contribution >= 4 is 43.9 Å². The molecule has 0 saturated heterocycles. The summed E-state index contributed by atoms with van der Waals surface area (Å²) in [6, 6.07) is 13.1. The van der Waals surface area contributed by atoms with Crippen LogP contribution in [-0.2, 0) is 41.1 Å². The number of alkyl carbamates (subject to hydrolysis) is 1. The van der Waals surface area contributed by atoms with Gasteiger partial charge in [-0.25, -0.2) is 9.59 Å². The molecule has 186 valence electrons. The van der Waals surface area contributed by atoms with E-state index in [9.17, 15) is 9.59 Å². The summed E-state index contributed by atoms with van der Waals surface area (Å²) < 4.78 is 27.4. The zero-order valence-electron chi connectivity index (χ0n) is 19.4. The van der Waals surface area contributed by atoms with E-state index in [1.54, 1.807) is 45.0 Å². The maximum absolute atomic E-state index is 12.2. The number of amides is 1. The highest BCUT2D eigenvalue weighted by molar-refractivity contribution is 7.41. The Morgan fingerprint density at radius 2 is 1.35 bits per heavy atom. The lowest BCUT2D eigenvalue weighted by molar-refractivity contribution is -0.144. The molecule has 0 radical (unpaired) electrons. The van der Waals surface area contributed by atoms with Crippen LogP contribution in [-0.4, -0.2) is 37.4 Å². The first-order valence-corrected chi connectivity index (χ1v) is 12.2. The lowest BCUT2D eigenvalue weighted by Crippen LogP contribution is -2.46. The molecule has 0 aliphatic carbocycles. The fourth-order valence-corrected chi connectivity index (χ4v) is 3.68. The third-order valence-corrected chi connectivity index (χ3v) is 5.57. The van der Waals surface area contributed by atoms with Gasteiger partial charge >= 0.3 is 20.7 Å². The second-order valence-corrected chi connectivity index (χ2v) is 10.1. The van der Waals surface area contributed by atoms with E-state index >= 15 is 0 Å². The Bertz CT molecular complexity index is 871. The third kappa shape index (κ3) is 11.0. The highest BCUT2D eigenvalue weighted by Gasteiger charge is 2.27. The molecule has 2 aromatic carbocycles. The molecule has 0 saturated carbocycles. The lowest BCUT2D eigenvalue weighted by Gasteiger charge is -2.23. The third-order valence-electron chi connectivity index (χ3n) is 4.02. The first-order valence-electron chi connectivity index (χ1n) is 10.3. The zero-order chi connectivity index (χ0) is 25.1. The predicted octanol–water partition coefficient (Wildman–Crippen LogP) is 6.04. The number of esters is 1. The predicted molar refractivity (Wildman–Crippen MR) is 131 cm³/mol. The van der Waals surface area contributed by atoms with E-state index in [0.29, 0.717) is 10.0 Å². The van der Waals surface area contributed by atoms with Gasteiger partial charge in [-0.2, -0.15) is 0 Å². The van der Waals surface area contributed by atoms with Crippen LogP contribution in [0, 0.1) is 0 Å². The molecule has 2 rings (SSSR count). The SMILES string of the molecule is COC(=O)[C@H](COP(OCc1ccc(Cl)cc1)OCc1ccc(Cl)cc1)NC(=O)OC(C)(C)C. The fourth-order valence-electron chi connectivity index (χ4n) is 2.42. The molecule has 2 aromatic rings. The number of halogens is 2. The quantitative estimate of drug-likeness (QED) is 0.279. The molecule has 0 unspecified atom stereocenters. The van der Waals surface area contributed by atoms with Crippen molar-refractivity contribution in [3.8, 4) is 0 Å². The van der Waals surface area contributed by atoms with Crippen molar-refractivity contribution in [2.75, 3.05) is 13.7 Å². The molecule has 0 spiro atoms. The Morgan fingerprint density at radius 1 is 0.882 bits per heavy atom. The van der Waals surface area contributed by atoms with Crippen molar-refractivity contribution < 1.29 is 32.6 Å². The second-order valence-electron chi connectivity index (χ2n) is 8.04. The molecular formula is C23H28Cl2NO7P. The van der Waals surface area contributed by atoms with Crippen LogP contribution in [0.3, 0.4) is 0 Å². The Kier molecular flexibility index (Phi) is 11.5. The van der Waals surface area contributed by atoms with Crippen LogP contribution in [0.4, 0.5) is 4.79 Å². The largest absolute Gasteiger partial charge is 0.467 e. The number of nitrogens with one attached hydrogen (secondary N) is 1. The average molecular weight is 532 g/mol. The number of carbonyl (C=O) groups is 2. The molecule has 34 heavy (non-hydrogen) atoms. The average Bonchev–Trinajstić information content (AvgIpc) is 2.78. The van der Waals surface area contributed by atoms with Crippen molar-refractivity contribution in [1.29, 1.82) is 0 Å². The number of ether oxygens (including phenoxy) is 2. The van der Waals surface area contributed by atoms with Gasteiger partial charge in [0.2, 0.25) is 0 Å². The first-order chi connectivity index (χ1) is 16.1. The maximum Gasteiger partial charge on any atom is 0.408 e. The van der Waals surface area contributed by atoms with E-state index in [-0.39, 0.29) is 19.8 Å². The van der Waals surface area contributed by atoms with E-state index in [2.05, 4.69) is 5.32 Å². The summed E-state index contributed by atoms with van der Waals surface area (Å²) in [5.41, 5.74) is 0.973. The van der Waals surface area contributed by atoms with Crippen molar-refractivity contribution in [3.05, 3.63) is 69.7 Å². The molecule has 0 bridgehead atoms. The smallest absolute Gasteiger partial charge is 0.408 e. The molecule has 1 N–H and O–H groups in total. The number of hydrogen-bond acceptors (Lipinski definition) is 7. The van der Waals surface area contributed by atoms with Crippen LogP contribution in [0.5, 0.6) is 0 Å². The number of rotatable bonds is 11. The Labute approximate surface area is 210 Å². The number of hydrogen-bond donors (Lipinski definition) is 1. The second kappa shape index (κ2) is 13.8. The van der Waals surface area contributed by atoms with Crippen LogP contribution in [0.15, 0.2) is 48.5 Å². The Hall–Kier alpha value is -1.93. The summed E-state index contributed by atoms with van der Waals surface area (Å²) in [6.07, 6.45) is -0.778. The minimum absolute atomic E-state index is 0.186. The molecule has 1 amide bonds. The number of methoxy groups -OCH3 is 1. The van der Waals surface area contributed by atoms with Gasteiger partial charge in [0.05, 0.1) is 26.9 Å². The summed E-state index contributed by atoms with van der Waals surface area (Å²) in [5.74, 6) is -0.698. The van der Waals surface area contributed by atoms with Crippen LogP contribution >= 0.6 is 31.8 Å². The van der Waals surface area contributed by atoms with Crippen LogP contribution < -0.4 is 5.32 Å². The van der Waals surface area contributed by atoms with Gasteiger partial charge in [0.25, 0.3) is 0 Å². The highest BCUT2D eigenvalue weighted by Crippen LogP contribution is 2.42. The first kappa shape index (κ1) is 28.3. The van der Waals surface area contributed by atoms with Gasteiger partial charge in [0.1, 0.15) is 5.60 Å². The zero-order valence-corrected chi connectivity index (χ0v) is 21.8. The summed E-state index contributed by atoms with van der Waals surface area (Å²) in [6.45, 7) is 5.26.